The normalized spacial score (nSPS) is 15.8. The topological polar surface area (TPSA) is 95.5 Å². The monoisotopic (exact) mass is 291 g/mol. The molecule has 0 spiro atoms. The predicted octanol–water partition coefficient (Wildman–Crippen LogP) is 0.557. The van der Waals surface area contributed by atoms with E-state index in [0.717, 1.165) is 13.1 Å². The van der Waals surface area contributed by atoms with Crippen LogP contribution in [-0.2, 0) is 0 Å². The summed E-state index contributed by atoms with van der Waals surface area (Å²) in [6.45, 7) is 1.52. The minimum absolute atomic E-state index is 0.116. The van der Waals surface area contributed by atoms with Crippen LogP contribution in [0.2, 0.25) is 5.28 Å². The van der Waals surface area contributed by atoms with E-state index in [9.17, 15) is 4.79 Å². The molecular weight excluding hydrogens is 282 g/mol. The van der Waals surface area contributed by atoms with Crippen LogP contribution in [0.25, 0.3) is 11.2 Å². The van der Waals surface area contributed by atoms with Crippen LogP contribution in [0.3, 0.4) is 0 Å². The van der Waals surface area contributed by atoms with Crippen molar-refractivity contribution in [1.82, 2.24) is 29.7 Å². The third-order valence-corrected chi connectivity index (χ3v) is 3.56. The summed E-state index contributed by atoms with van der Waals surface area (Å²) >= 11 is 5.89. The molecule has 0 atom stereocenters. The number of hydrogen-bond acceptors (Lipinski definition) is 5. The van der Waals surface area contributed by atoms with Crippen molar-refractivity contribution in [2.45, 2.75) is 6.04 Å². The van der Waals surface area contributed by atoms with Gasteiger partial charge in [-0.15, -0.1) is 0 Å². The van der Waals surface area contributed by atoms with E-state index in [1.807, 2.05) is 21.8 Å². The molecule has 0 radical (unpaired) electrons. The van der Waals surface area contributed by atoms with E-state index in [1.165, 1.54) is 0 Å². The van der Waals surface area contributed by atoms with E-state index in [2.05, 4.69) is 25.0 Å². The molecule has 4 rings (SSSR count). The van der Waals surface area contributed by atoms with Gasteiger partial charge in [-0.3, -0.25) is 9.67 Å². The van der Waals surface area contributed by atoms with Crippen molar-refractivity contribution >= 4 is 28.6 Å². The number of fused-ring (bicyclic) bond motifs is 1. The van der Waals surface area contributed by atoms with Gasteiger partial charge in [0, 0.05) is 25.5 Å². The maximum atomic E-state index is 11.4. The highest BCUT2D eigenvalue weighted by Gasteiger charge is 2.31. The summed E-state index contributed by atoms with van der Waals surface area (Å²) < 4.78 is 1.91. The first-order valence-electron chi connectivity index (χ1n) is 6.10. The molecule has 20 heavy (non-hydrogen) atoms. The van der Waals surface area contributed by atoms with Gasteiger partial charge < -0.3 is 9.88 Å². The van der Waals surface area contributed by atoms with E-state index >= 15 is 0 Å². The fourth-order valence-corrected chi connectivity index (χ4v) is 2.57. The number of imidazole rings is 1. The number of nitrogens with zero attached hydrogens (tertiary/aromatic N) is 5. The molecule has 9 heteroatoms. The number of hydrogen-bond donors (Lipinski definition) is 2. The molecule has 0 aliphatic carbocycles. The molecule has 0 unspecified atom stereocenters. The molecule has 4 heterocycles. The van der Waals surface area contributed by atoms with Gasteiger partial charge in [0.05, 0.1) is 6.04 Å². The highest BCUT2D eigenvalue weighted by Crippen LogP contribution is 2.30. The number of rotatable bonds is 2. The van der Waals surface area contributed by atoms with E-state index in [1.54, 1.807) is 6.20 Å². The van der Waals surface area contributed by atoms with Gasteiger partial charge in [0.1, 0.15) is 5.52 Å². The Morgan fingerprint density at radius 2 is 2.15 bits per heavy atom. The number of halogens is 1. The van der Waals surface area contributed by atoms with Crippen molar-refractivity contribution in [3.05, 3.63) is 34.2 Å². The second-order valence-electron chi connectivity index (χ2n) is 4.66. The molecule has 3 aromatic rings. The maximum absolute atomic E-state index is 11.4. The van der Waals surface area contributed by atoms with Gasteiger partial charge in [-0.25, -0.2) is 4.79 Å². The fourth-order valence-electron chi connectivity index (χ4n) is 2.40. The summed E-state index contributed by atoms with van der Waals surface area (Å²) in [6.07, 6.45) is 3.69. The smallest absolute Gasteiger partial charge is 0.325 e. The van der Waals surface area contributed by atoms with Crippen molar-refractivity contribution in [3.8, 4) is 0 Å². The van der Waals surface area contributed by atoms with Crippen molar-refractivity contribution in [2.24, 2.45) is 0 Å². The van der Waals surface area contributed by atoms with E-state index in [-0.39, 0.29) is 11.0 Å². The zero-order valence-corrected chi connectivity index (χ0v) is 11.0. The number of anilines is 1. The van der Waals surface area contributed by atoms with Crippen LogP contribution >= 0.6 is 11.6 Å². The zero-order chi connectivity index (χ0) is 13.7. The van der Waals surface area contributed by atoms with Crippen LogP contribution < -0.4 is 10.6 Å². The van der Waals surface area contributed by atoms with E-state index in [0.29, 0.717) is 23.0 Å². The van der Waals surface area contributed by atoms with Crippen molar-refractivity contribution in [3.63, 3.8) is 0 Å². The second-order valence-corrected chi connectivity index (χ2v) is 5.00. The Labute approximate surface area is 117 Å². The fraction of sp³-hybridized carbons (Fsp3) is 0.273. The van der Waals surface area contributed by atoms with E-state index in [4.69, 9.17) is 11.6 Å². The van der Waals surface area contributed by atoms with Crippen LogP contribution in [0, 0.1) is 0 Å². The van der Waals surface area contributed by atoms with Gasteiger partial charge in [0.25, 0.3) is 0 Å². The first-order chi connectivity index (χ1) is 9.70. The Balaban J connectivity index is 1.68. The molecule has 1 saturated heterocycles. The molecule has 8 nitrogen and oxygen atoms in total. The lowest BCUT2D eigenvalue weighted by molar-refractivity contribution is 0.366. The third-order valence-electron chi connectivity index (χ3n) is 3.39. The summed E-state index contributed by atoms with van der Waals surface area (Å²) in [4.78, 5) is 26.9. The Kier molecular flexibility index (Phi) is 2.34. The summed E-state index contributed by atoms with van der Waals surface area (Å²) in [7, 11) is 0. The van der Waals surface area contributed by atoms with Crippen LogP contribution in [0.15, 0.2) is 23.3 Å². The van der Waals surface area contributed by atoms with Gasteiger partial charge in [0.15, 0.2) is 11.5 Å². The highest BCUT2D eigenvalue weighted by molar-refractivity contribution is 6.28. The minimum Gasteiger partial charge on any atom is -0.350 e. The highest BCUT2D eigenvalue weighted by atomic mass is 35.5. The molecule has 1 aliphatic rings. The van der Waals surface area contributed by atoms with Crippen LogP contribution in [0.4, 0.5) is 5.82 Å². The van der Waals surface area contributed by atoms with Crippen molar-refractivity contribution < 1.29 is 0 Å². The molecule has 102 valence electrons. The van der Waals surface area contributed by atoms with Gasteiger partial charge in [0.2, 0.25) is 5.28 Å². The lowest BCUT2D eigenvalue weighted by Crippen LogP contribution is -2.48. The standard InChI is InChI=1S/C11H10ClN7O/c12-10-15-8-7(14-11(20)16-8)9(17-10)18-4-6(5-18)19-3-1-2-13-19/h1-3,6H,4-5H2,(H2,14,15,16,17,20). The number of aromatic nitrogens is 6. The Bertz CT molecular complexity index is 815. The molecule has 0 saturated carbocycles. The molecule has 1 aliphatic heterocycles. The summed E-state index contributed by atoms with van der Waals surface area (Å²) in [5, 5.41) is 4.33. The Morgan fingerprint density at radius 1 is 1.30 bits per heavy atom. The van der Waals surface area contributed by atoms with Crippen LogP contribution in [0.1, 0.15) is 6.04 Å². The van der Waals surface area contributed by atoms with Gasteiger partial charge in [-0.05, 0) is 17.7 Å². The molecular formula is C11H10ClN7O. The van der Waals surface area contributed by atoms with Crippen molar-refractivity contribution in [1.29, 1.82) is 0 Å². The van der Waals surface area contributed by atoms with Crippen LogP contribution in [0.5, 0.6) is 0 Å². The summed E-state index contributed by atoms with van der Waals surface area (Å²) in [5.41, 5.74) is 0.688. The maximum Gasteiger partial charge on any atom is 0.325 e. The molecule has 0 amide bonds. The van der Waals surface area contributed by atoms with Gasteiger partial charge in [-0.2, -0.15) is 15.1 Å². The molecule has 3 aromatic heterocycles. The second kappa shape index (κ2) is 4.07. The zero-order valence-electron chi connectivity index (χ0n) is 10.2. The minimum atomic E-state index is -0.318. The average Bonchev–Trinajstić information content (AvgIpc) is 2.95. The van der Waals surface area contributed by atoms with Gasteiger partial charge >= 0.3 is 5.69 Å². The molecule has 1 fully saturated rings. The van der Waals surface area contributed by atoms with Crippen molar-refractivity contribution in [2.75, 3.05) is 18.0 Å². The summed E-state index contributed by atoms with van der Waals surface area (Å²) in [5.74, 6) is 0.641. The summed E-state index contributed by atoms with van der Waals surface area (Å²) in [6, 6.07) is 2.20. The SMILES string of the molecule is O=c1[nH]c2nc(Cl)nc(N3CC(n4cccn4)C3)c2[nH]1. The lowest BCUT2D eigenvalue weighted by atomic mass is 10.1. The van der Waals surface area contributed by atoms with Gasteiger partial charge in [-0.1, -0.05) is 0 Å². The first kappa shape index (κ1) is 11.5. The number of aromatic amines is 2. The Morgan fingerprint density at radius 3 is 2.90 bits per heavy atom. The number of nitrogens with one attached hydrogen (secondary N) is 2. The first-order valence-corrected chi connectivity index (χ1v) is 6.48. The molecule has 0 bridgehead atoms. The van der Waals surface area contributed by atoms with Crippen LogP contribution in [-0.4, -0.2) is 42.8 Å². The van der Waals surface area contributed by atoms with E-state index < -0.39 is 0 Å². The molecule has 0 aromatic carbocycles. The largest absolute Gasteiger partial charge is 0.350 e. The Hall–Kier alpha value is -2.35. The molecule has 2 N–H and O–H groups in total. The quantitative estimate of drug-likeness (QED) is 0.673. The number of H-pyrrole nitrogens is 2. The average molecular weight is 292 g/mol. The third kappa shape index (κ3) is 1.68. The lowest BCUT2D eigenvalue weighted by Gasteiger charge is -2.40. The predicted molar refractivity (Wildman–Crippen MR) is 73.0 cm³/mol.